The van der Waals surface area contributed by atoms with Crippen LogP contribution in [0.1, 0.15) is 21.7 Å². The Hall–Kier alpha value is -2.65. The molecular weight excluding hydrogens is 332 g/mol. The number of benzene rings is 1. The molecule has 2 N–H and O–H groups in total. The summed E-state index contributed by atoms with van der Waals surface area (Å²) in [5.74, 6) is -3.70. The van der Waals surface area contributed by atoms with Gasteiger partial charge in [0.1, 0.15) is 5.75 Å². The van der Waals surface area contributed by atoms with Gasteiger partial charge in [-0.05, 0) is 24.3 Å². The number of hydrogen-bond acceptors (Lipinski definition) is 4. The number of rotatable bonds is 3. The Morgan fingerprint density at radius 2 is 1.61 bits per heavy atom. The Morgan fingerprint density at radius 1 is 1.04 bits per heavy atom. The molecule has 0 fully saturated rings. The summed E-state index contributed by atoms with van der Waals surface area (Å²) < 4.78 is 81.3. The zero-order chi connectivity index (χ0) is 17.4. The first kappa shape index (κ1) is 16.7. The number of ether oxygens (including phenoxy) is 1. The van der Waals surface area contributed by atoms with Crippen molar-refractivity contribution in [2.75, 3.05) is 5.73 Å². The molecule has 0 spiro atoms. The summed E-state index contributed by atoms with van der Waals surface area (Å²) in [6.07, 6.45) is -9.72. The third-order valence-corrected chi connectivity index (χ3v) is 2.63. The number of anilines is 1. The molecule has 0 bridgehead atoms. The molecule has 23 heavy (non-hydrogen) atoms. The summed E-state index contributed by atoms with van der Waals surface area (Å²) >= 11 is 0. The largest absolute Gasteiger partial charge is 0.573 e. The molecule has 0 saturated heterocycles. The molecule has 10 heteroatoms. The van der Waals surface area contributed by atoms with Gasteiger partial charge < -0.3 is 14.9 Å². The number of halogens is 6. The number of nitrogens with two attached hydrogens (primary N) is 1. The van der Waals surface area contributed by atoms with Crippen molar-refractivity contribution < 1.29 is 40.3 Å². The van der Waals surface area contributed by atoms with E-state index in [0.717, 1.165) is 24.3 Å². The predicted molar refractivity (Wildman–Crippen MR) is 64.7 cm³/mol. The lowest BCUT2D eigenvalue weighted by Gasteiger charge is -2.08. The van der Waals surface area contributed by atoms with E-state index >= 15 is 0 Å². The van der Waals surface area contributed by atoms with Crippen LogP contribution in [0.3, 0.4) is 0 Å². The zero-order valence-electron chi connectivity index (χ0n) is 11.0. The molecule has 0 saturated carbocycles. The average Bonchev–Trinajstić information content (AvgIpc) is 2.79. The number of carbonyl (C=O) groups is 1. The Morgan fingerprint density at radius 3 is 2.04 bits per heavy atom. The maximum absolute atomic E-state index is 12.5. The molecule has 0 aliphatic rings. The first-order chi connectivity index (χ1) is 10.5. The minimum absolute atomic E-state index is 0.180. The van der Waals surface area contributed by atoms with Crippen LogP contribution in [0.2, 0.25) is 0 Å². The highest BCUT2D eigenvalue weighted by atomic mass is 19.4. The fraction of sp³-hybridized carbons (Fsp3) is 0.154. The van der Waals surface area contributed by atoms with Gasteiger partial charge in [0.15, 0.2) is 5.78 Å². The normalized spacial score (nSPS) is 12.3. The van der Waals surface area contributed by atoms with Crippen molar-refractivity contribution >= 4 is 11.7 Å². The molecule has 0 aliphatic carbocycles. The van der Waals surface area contributed by atoms with Crippen molar-refractivity contribution in [3.63, 3.8) is 0 Å². The van der Waals surface area contributed by atoms with Crippen molar-refractivity contribution in [3.8, 4) is 5.75 Å². The SMILES string of the molecule is Nc1oc(C(F)(F)F)cc1C(=O)c1ccc(OC(F)(F)F)cc1. The summed E-state index contributed by atoms with van der Waals surface area (Å²) in [5.41, 5.74) is 4.51. The van der Waals surface area contributed by atoms with Crippen LogP contribution in [0, 0.1) is 0 Å². The highest BCUT2D eigenvalue weighted by Crippen LogP contribution is 2.34. The third kappa shape index (κ3) is 3.96. The molecule has 0 aliphatic heterocycles. The van der Waals surface area contributed by atoms with Gasteiger partial charge in [0.2, 0.25) is 11.6 Å². The predicted octanol–water partition coefficient (Wildman–Crippen LogP) is 4.01. The maximum Gasteiger partial charge on any atom is 0.573 e. The van der Waals surface area contributed by atoms with Crippen LogP contribution in [0.4, 0.5) is 32.2 Å². The van der Waals surface area contributed by atoms with Crippen molar-refractivity contribution in [1.82, 2.24) is 0 Å². The van der Waals surface area contributed by atoms with Gasteiger partial charge in [-0.1, -0.05) is 0 Å². The number of carbonyl (C=O) groups excluding carboxylic acids is 1. The standard InChI is InChI=1S/C13H7F6NO3/c14-12(15,16)9-5-8(11(20)22-9)10(21)6-1-3-7(4-2-6)23-13(17,18)19/h1-5H,20H2. The number of furan rings is 1. The van der Waals surface area contributed by atoms with E-state index in [1.807, 2.05) is 0 Å². The van der Waals surface area contributed by atoms with Crippen LogP contribution < -0.4 is 10.5 Å². The lowest BCUT2D eigenvalue weighted by atomic mass is 10.0. The average molecular weight is 339 g/mol. The molecule has 2 aromatic rings. The quantitative estimate of drug-likeness (QED) is 0.678. The number of nitrogen functional groups attached to an aromatic ring is 1. The van der Waals surface area contributed by atoms with Crippen LogP contribution in [-0.2, 0) is 6.18 Å². The summed E-state index contributed by atoms with van der Waals surface area (Å²) in [5, 5.41) is 0. The second kappa shape index (κ2) is 5.52. The smallest absolute Gasteiger partial charge is 0.436 e. The summed E-state index contributed by atoms with van der Waals surface area (Å²) in [6.45, 7) is 0. The van der Waals surface area contributed by atoms with E-state index in [2.05, 4.69) is 9.15 Å². The molecule has 0 atom stereocenters. The fourth-order valence-electron chi connectivity index (χ4n) is 1.69. The first-order valence-electron chi connectivity index (χ1n) is 5.84. The zero-order valence-corrected chi connectivity index (χ0v) is 11.0. The lowest BCUT2D eigenvalue weighted by molar-refractivity contribution is -0.274. The lowest BCUT2D eigenvalue weighted by Crippen LogP contribution is -2.17. The fourth-order valence-corrected chi connectivity index (χ4v) is 1.69. The van der Waals surface area contributed by atoms with Gasteiger partial charge >= 0.3 is 12.5 Å². The molecule has 2 rings (SSSR count). The maximum atomic E-state index is 12.5. The van der Waals surface area contributed by atoms with Crippen LogP contribution in [0.15, 0.2) is 34.7 Å². The number of ketones is 1. The molecule has 0 radical (unpaired) electrons. The van der Waals surface area contributed by atoms with E-state index in [0.29, 0.717) is 6.07 Å². The van der Waals surface area contributed by atoms with Crippen molar-refractivity contribution in [2.24, 2.45) is 0 Å². The van der Waals surface area contributed by atoms with Gasteiger partial charge in [0.05, 0.1) is 5.56 Å². The summed E-state index contributed by atoms with van der Waals surface area (Å²) in [7, 11) is 0. The van der Waals surface area contributed by atoms with Crippen LogP contribution in [0.5, 0.6) is 5.75 Å². The van der Waals surface area contributed by atoms with Crippen LogP contribution in [-0.4, -0.2) is 12.1 Å². The summed E-state index contributed by atoms with van der Waals surface area (Å²) in [6, 6.07) is 4.05. The molecule has 1 aromatic carbocycles. The van der Waals surface area contributed by atoms with E-state index < -0.39 is 41.3 Å². The topological polar surface area (TPSA) is 65.5 Å². The summed E-state index contributed by atoms with van der Waals surface area (Å²) in [4.78, 5) is 12.0. The van der Waals surface area contributed by atoms with E-state index in [9.17, 15) is 31.1 Å². The van der Waals surface area contributed by atoms with Crippen molar-refractivity contribution in [2.45, 2.75) is 12.5 Å². The van der Waals surface area contributed by atoms with Crippen LogP contribution >= 0.6 is 0 Å². The Balaban J connectivity index is 2.26. The van der Waals surface area contributed by atoms with Gasteiger partial charge in [0.25, 0.3) is 0 Å². The molecule has 0 unspecified atom stereocenters. The van der Waals surface area contributed by atoms with Crippen LogP contribution in [0.25, 0.3) is 0 Å². The minimum atomic E-state index is -4.90. The molecule has 124 valence electrons. The Labute approximate surface area is 124 Å². The molecular formula is C13H7F6NO3. The van der Waals surface area contributed by atoms with Gasteiger partial charge in [-0.3, -0.25) is 4.79 Å². The third-order valence-electron chi connectivity index (χ3n) is 2.63. The Bertz CT molecular complexity index is 715. The van der Waals surface area contributed by atoms with Gasteiger partial charge in [-0.15, -0.1) is 13.2 Å². The monoisotopic (exact) mass is 339 g/mol. The van der Waals surface area contributed by atoms with Gasteiger partial charge in [0, 0.05) is 11.6 Å². The van der Waals surface area contributed by atoms with Crippen molar-refractivity contribution in [3.05, 3.63) is 47.2 Å². The number of alkyl halides is 6. The second-order valence-corrected chi connectivity index (χ2v) is 4.29. The van der Waals surface area contributed by atoms with E-state index in [-0.39, 0.29) is 5.56 Å². The number of hydrogen-bond donors (Lipinski definition) is 1. The highest BCUT2D eigenvalue weighted by Gasteiger charge is 2.37. The minimum Gasteiger partial charge on any atom is -0.436 e. The molecule has 1 aromatic heterocycles. The molecule has 0 amide bonds. The van der Waals surface area contributed by atoms with Crippen molar-refractivity contribution in [1.29, 1.82) is 0 Å². The van der Waals surface area contributed by atoms with E-state index in [1.165, 1.54) is 0 Å². The van der Waals surface area contributed by atoms with E-state index in [1.54, 1.807) is 0 Å². The first-order valence-corrected chi connectivity index (χ1v) is 5.84. The Kier molecular flexibility index (Phi) is 4.01. The second-order valence-electron chi connectivity index (χ2n) is 4.29. The molecule has 4 nitrogen and oxygen atoms in total. The molecule has 1 heterocycles. The van der Waals surface area contributed by atoms with Gasteiger partial charge in [-0.2, -0.15) is 13.2 Å². The van der Waals surface area contributed by atoms with Gasteiger partial charge in [-0.25, -0.2) is 0 Å². The van der Waals surface area contributed by atoms with E-state index in [4.69, 9.17) is 5.73 Å². The highest BCUT2D eigenvalue weighted by molar-refractivity contribution is 6.11.